The third-order valence-corrected chi connectivity index (χ3v) is 10.8. The highest BCUT2D eigenvalue weighted by Crippen LogP contribution is 2.35. The summed E-state index contributed by atoms with van der Waals surface area (Å²) in [5, 5.41) is 22.2. The number of aromatic nitrogens is 7. The molecular weight excluding hydrogens is 841 g/mol. The van der Waals surface area contributed by atoms with Crippen molar-refractivity contribution in [3.05, 3.63) is 55.0 Å². The molecule has 1 N–H and O–H groups in total. The highest BCUT2D eigenvalue weighted by molar-refractivity contribution is 5.67. The van der Waals surface area contributed by atoms with E-state index in [0.717, 1.165) is 63.1 Å². The third-order valence-electron chi connectivity index (χ3n) is 10.8. The van der Waals surface area contributed by atoms with Crippen molar-refractivity contribution in [3.63, 3.8) is 0 Å². The fraction of sp³-hybridized carbons (Fsp3) is 0.644. The van der Waals surface area contributed by atoms with Gasteiger partial charge in [-0.05, 0) is 50.3 Å². The average Bonchev–Trinajstić information content (AvgIpc) is 4.01. The summed E-state index contributed by atoms with van der Waals surface area (Å²) in [7, 11) is 1.65. The second-order valence-corrected chi connectivity index (χ2v) is 15.6. The van der Waals surface area contributed by atoms with Crippen molar-refractivity contribution in [1.29, 1.82) is 5.26 Å². The van der Waals surface area contributed by atoms with Crippen LogP contribution in [0.4, 0.5) is 11.6 Å². The minimum atomic E-state index is -0.249. The first-order valence-electron chi connectivity index (χ1n) is 22.7. The summed E-state index contributed by atoms with van der Waals surface area (Å²) in [5.74, 6) is 1.37. The summed E-state index contributed by atoms with van der Waals surface area (Å²) in [5.41, 5.74) is 2.71. The quantitative estimate of drug-likeness (QED) is 0.0677. The van der Waals surface area contributed by atoms with E-state index in [1.807, 2.05) is 29.9 Å². The van der Waals surface area contributed by atoms with Crippen LogP contribution >= 0.6 is 0 Å². The topological polar surface area (TPSA) is 206 Å². The fourth-order valence-electron chi connectivity index (χ4n) is 7.46. The normalized spacial score (nSPS) is 17.2. The van der Waals surface area contributed by atoms with Crippen LogP contribution in [0.1, 0.15) is 50.6 Å². The Balaban J connectivity index is 0.921. The third kappa shape index (κ3) is 17.5. The minimum Gasteiger partial charge on any atom is -0.487 e. The van der Waals surface area contributed by atoms with E-state index in [-0.39, 0.29) is 12.1 Å². The average molecular weight is 907 g/mol. The Morgan fingerprint density at radius 3 is 2.00 bits per heavy atom. The Bertz CT molecular complexity index is 1920. The van der Waals surface area contributed by atoms with Gasteiger partial charge in [0.25, 0.3) is 5.88 Å². The molecule has 1 atom stereocenters. The molecule has 4 aromatic rings. The molecule has 6 rings (SSSR count). The number of rotatable bonds is 32. The predicted molar refractivity (Wildman–Crippen MR) is 238 cm³/mol. The van der Waals surface area contributed by atoms with Gasteiger partial charge in [0.2, 0.25) is 5.95 Å². The molecule has 356 valence electrons. The smallest absolute Gasteiger partial charge is 0.256 e. The number of anilines is 2. The molecule has 1 aliphatic carbocycles. The summed E-state index contributed by atoms with van der Waals surface area (Å²) < 4.78 is 60.0. The number of nitrogens with one attached hydrogen (secondary N) is 1. The molecule has 1 saturated carbocycles. The molecule has 3 aromatic heterocycles. The number of morpholine rings is 1. The van der Waals surface area contributed by atoms with Gasteiger partial charge in [-0.1, -0.05) is 6.07 Å². The molecular formula is C45H66N10O10. The van der Waals surface area contributed by atoms with E-state index in [2.05, 4.69) is 36.3 Å². The first-order chi connectivity index (χ1) is 32.1. The van der Waals surface area contributed by atoms with Crippen molar-refractivity contribution in [3.8, 4) is 28.8 Å². The van der Waals surface area contributed by atoms with Gasteiger partial charge >= 0.3 is 0 Å². The van der Waals surface area contributed by atoms with Gasteiger partial charge in [0, 0.05) is 57.2 Å². The lowest BCUT2D eigenvalue weighted by Gasteiger charge is -2.38. The van der Waals surface area contributed by atoms with Crippen LogP contribution in [0.2, 0.25) is 0 Å². The SMILES string of the molecule is COCCOCCOCCOCCOCCOCCOCCCOc1nn(C2CCC(N3CCOCC3)CC2)cc1Nc1ncc(-c2ccc(C#N)c(O[C@@H](C)Cn3cncn3)c2)cn1. The number of benzene rings is 1. The van der Waals surface area contributed by atoms with Crippen LogP contribution in [0, 0.1) is 11.3 Å². The highest BCUT2D eigenvalue weighted by Gasteiger charge is 2.29. The molecule has 0 radical (unpaired) electrons. The molecule has 0 unspecified atom stereocenters. The number of nitriles is 1. The largest absolute Gasteiger partial charge is 0.487 e. The van der Waals surface area contributed by atoms with E-state index in [9.17, 15) is 5.26 Å². The number of nitrogens with zero attached hydrogens (tertiary/aromatic N) is 9. The van der Waals surface area contributed by atoms with E-state index in [0.29, 0.717) is 140 Å². The zero-order chi connectivity index (χ0) is 45.2. The standard InChI is InChI=1S/C45H66N10O10/c1-36(32-54-35-47-34-50-54)65-43-28-37(4-5-38(43)29-46)39-30-48-45(49-31-39)51-42-33-55(41-8-6-40(7-9-41)53-10-14-58-15-11-53)52-44(42)64-13-3-12-57-18-19-60-22-23-62-26-27-63-25-24-61-21-20-59-17-16-56-2/h4-5,28,30-31,33-36,40-41H,3,6-27,32H2,1-2H3,(H,48,49,51)/t36-,40?,41?/m0/s1. The zero-order valence-corrected chi connectivity index (χ0v) is 37.9. The van der Waals surface area contributed by atoms with Gasteiger partial charge in [0.1, 0.15) is 36.3 Å². The first kappa shape index (κ1) is 49.6. The van der Waals surface area contributed by atoms with Crippen molar-refractivity contribution >= 4 is 11.6 Å². The van der Waals surface area contributed by atoms with Crippen molar-refractivity contribution in [2.75, 3.05) is 131 Å². The molecule has 1 aliphatic heterocycles. The number of methoxy groups -OCH3 is 1. The minimum absolute atomic E-state index is 0.249. The number of hydrogen-bond donors (Lipinski definition) is 1. The summed E-state index contributed by atoms with van der Waals surface area (Å²) in [6.07, 6.45) is 13.3. The van der Waals surface area contributed by atoms with Gasteiger partial charge in [0.15, 0.2) is 0 Å². The molecule has 65 heavy (non-hydrogen) atoms. The van der Waals surface area contributed by atoms with E-state index in [1.54, 1.807) is 36.6 Å². The second kappa shape index (κ2) is 29.0. The van der Waals surface area contributed by atoms with Crippen molar-refractivity contribution in [2.45, 2.75) is 63.8 Å². The van der Waals surface area contributed by atoms with Crippen LogP contribution in [0.5, 0.6) is 11.6 Å². The summed E-state index contributed by atoms with van der Waals surface area (Å²) >= 11 is 0. The van der Waals surface area contributed by atoms with Gasteiger partial charge in [0.05, 0.1) is 123 Å². The molecule has 1 saturated heterocycles. The van der Waals surface area contributed by atoms with Crippen LogP contribution in [-0.4, -0.2) is 177 Å². The summed E-state index contributed by atoms with van der Waals surface area (Å²) in [6, 6.07) is 8.50. The monoisotopic (exact) mass is 906 g/mol. The van der Waals surface area contributed by atoms with E-state index in [1.165, 1.54) is 6.33 Å². The van der Waals surface area contributed by atoms with Gasteiger partial charge in [-0.2, -0.15) is 10.4 Å². The van der Waals surface area contributed by atoms with E-state index in [4.69, 9.17) is 52.5 Å². The lowest BCUT2D eigenvalue weighted by molar-refractivity contribution is -0.0193. The molecule has 0 amide bonds. The van der Waals surface area contributed by atoms with Gasteiger partial charge < -0.3 is 52.7 Å². The molecule has 1 aromatic carbocycles. The Kier molecular flexibility index (Phi) is 22.1. The molecule has 0 spiro atoms. The Morgan fingerprint density at radius 1 is 0.785 bits per heavy atom. The van der Waals surface area contributed by atoms with Crippen LogP contribution in [0.15, 0.2) is 49.4 Å². The highest BCUT2D eigenvalue weighted by atomic mass is 16.6. The van der Waals surface area contributed by atoms with Crippen LogP contribution < -0.4 is 14.8 Å². The number of hydrogen-bond acceptors (Lipinski definition) is 18. The summed E-state index contributed by atoms with van der Waals surface area (Å²) in [6.45, 7) is 13.1. The van der Waals surface area contributed by atoms with Crippen LogP contribution in [0.25, 0.3) is 11.1 Å². The van der Waals surface area contributed by atoms with Gasteiger partial charge in [-0.3, -0.25) is 9.58 Å². The molecule has 20 nitrogen and oxygen atoms in total. The Labute approximate surface area is 381 Å². The fourth-order valence-corrected chi connectivity index (χ4v) is 7.46. The maximum atomic E-state index is 9.76. The van der Waals surface area contributed by atoms with Gasteiger partial charge in [-0.15, -0.1) is 5.10 Å². The number of ether oxygens (including phenoxy) is 10. The predicted octanol–water partition coefficient (Wildman–Crippen LogP) is 4.35. The van der Waals surface area contributed by atoms with Crippen molar-refractivity contribution in [1.82, 2.24) is 39.4 Å². The second-order valence-electron chi connectivity index (χ2n) is 15.6. The van der Waals surface area contributed by atoms with E-state index >= 15 is 0 Å². The lowest BCUT2D eigenvalue weighted by atomic mass is 9.90. The van der Waals surface area contributed by atoms with E-state index < -0.39 is 0 Å². The zero-order valence-electron chi connectivity index (χ0n) is 37.9. The Morgan fingerprint density at radius 2 is 1.40 bits per heavy atom. The van der Waals surface area contributed by atoms with Gasteiger partial charge in [-0.25, -0.2) is 19.6 Å². The maximum Gasteiger partial charge on any atom is 0.256 e. The first-order valence-corrected chi connectivity index (χ1v) is 22.7. The maximum absolute atomic E-state index is 9.76. The molecule has 0 bridgehead atoms. The van der Waals surface area contributed by atoms with Crippen molar-refractivity contribution < 1.29 is 47.4 Å². The molecule has 20 heteroatoms. The van der Waals surface area contributed by atoms with Crippen LogP contribution in [0.3, 0.4) is 0 Å². The van der Waals surface area contributed by atoms with Crippen LogP contribution in [-0.2, 0) is 44.4 Å². The molecule has 4 heterocycles. The summed E-state index contributed by atoms with van der Waals surface area (Å²) in [4.78, 5) is 15.8. The Hall–Kier alpha value is -4.82. The van der Waals surface area contributed by atoms with Crippen molar-refractivity contribution in [2.24, 2.45) is 0 Å². The molecule has 2 aliphatic rings. The molecule has 2 fully saturated rings. The lowest BCUT2D eigenvalue weighted by Crippen LogP contribution is -2.45.